The van der Waals surface area contributed by atoms with Crippen molar-refractivity contribution in [1.82, 2.24) is 0 Å². The molecule has 0 unspecified atom stereocenters. The van der Waals surface area contributed by atoms with Crippen molar-refractivity contribution in [3.05, 3.63) is 52.5 Å². The minimum atomic E-state index is -0.134. The number of unbranched alkanes of at least 4 members (excludes halogenated alkanes) is 1. The van der Waals surface area contributed by atoms with Crippen molar-refractivity contribution in [1.29, 1.82) is 0 Å². The number of hydrogen-bond acceptors (Lipinski definition) is 3. The van der Waals surface area contributed by atoms with Gasteiger partial charge >= 0.3 is 0 Å². The van der Waals surface area contributed by atoms with Crippen LogP contribution in [0.25, 0.3) is 0 Å². The van der Waals surface area contributed by atoms with Crippen LogP contribution in [0.3, 0.4) is 0 Å². The van der Waals surface area contributed by atoms with E-state index < -0.39 is 0 Å². The molecular weight excluding hydrogens is 391 g/mol. The molecule has 0 aliphatic rings. The molecule has 4 nitrogen and oxygen atoms in total. The van der Waals surface area contributed by atoms with Crippen molar-refractivity contribution < 1.29 is 9.59 Å². The van der Waals surface area contributed by atoms with Crippen LogP contribution in [-0.2, 0) is 9.59 Å². The lowest BCUT2D eigenvalue weighted by Crippen LogP contribution is -2.14. The van der Waals surface area contributed by atoms with Crippen molar-refractivity contribution in [2.24, 2.45) is 0 Å². The van der Waals surface area contributed by atoms with E-state index in [4.69, 9.17) is 23.2 Å². The Labute approximate surface area is 167 Å². The summed E-state index contributed by atoms with van der Waals surface area (Å²) in [5.74, 6) is 0.154. The summed E-state index contributed by atoms with van der Waals surface area (Å²) < 4.78 is 0. The lowest BCUT2D eigenvalue weighted by molar-refractivity contribution is -0.116. The molecule has 0 aliphatic carbocycles. The number of nitrogens with one attached hydrogen (secondary N) is 2. The van der Waals surface area contributed by atoms with Crippen LogP contribution in [0, 0.1) is 0 Å². The van der Waals surface area contributed by atoms with Crippen LogP contribution >= 0.6 is 35.0 Å². The third kappa shape index (κ3) is 6.90. The molecule has 2 aromatic rings. The van der Waals surface area contributed by atoms with Crippen LogP contribution in [0.15, 0.2) is 47.4 Å². The number of benzene rings is 2. The summed E-state index contributed by atoms with van der Waals surface area (Å²) in [5.41, 5.74) is 1.37. The summed E-state index contributed by atoms with van der Waals surface area (Å²) in [6.07, 6.45) is 2.41. The molecule has 7 heteroatoms. The highest BCUT2D eigenvalue weighted by atomic mass is 35.5. The molecule has 0 aliphatic heterocycles. The Hall–Kier alpha value is -1.69. The van der Waals surface area contributed by atoms with E-state index >= 15 is 0 Å². The van der Waals surface area contributed by atoms with Crippen molar-refractivity contribution in [3.63, 3.8) is 0 Å². The molecule has 2 aromatic carbocycles. The van der Waals surface area contributed by atoms with E-state index in [-0.39, 0.29) is 17.6 Å². The van der Waals surface area contributed by atoms with E-state index in [0.717, 1.165) is 23.4 Å². The molecule has 0 radical (unpaired) electrons. The summed E-state index contributed by atoms with van der Waals surface area (Å²) in [6.45, 7) is 2.05. The SMILES string of the molecule is CCCCC(=O)Nc1ccc(SCC(=O)Nc2ccc(Cl)c(Cl)c2)cc1. The Morgan fingerprint density at radius 1 is 0.923 bits per heavy atom. The van der Waals surface area contributed by atoms with Gasteiger partial charge in [0.25, 0.3) is 0 Å². The van der Waals surface area contributed by atoms with Crippen LogP contribution in [0.4, 0.5) is 11.4 Å². The molecule has 26 heavy (non-hydrogen) atoms. The maximum absolute atomic E-state index is 12.0. The first-order chi connectivity index (χ1) is 12.5. The number of thioether (sulfide) groups is 1. The fourth-order valence-corrected chi connectivity index (χ4v) is 3.11. The first-order valence-electron chi connectivity index (χ1n) is 8.25. The monoisotopic (exact) mass is 410 g/mol. The molecule has 0 bridgehead atoms. The predicted octanol–water partition coefficient (Wildman–Crippen LogP) is 5.85. The molecular formula is C19H20Cl2N2O2S. The van der Waals surface area contributed by atoms with E-state index in [9.17, 15) is 9.59 Å². The average Bonchev–Trinajstić information content (AvgIpc) is 2.62. The number of amides is 2. The largest absolute Gasteiger partial charge is 0.326 e. The first kappa shape index (κ1) is 20.6. The van der Waals surface area contributed by atoms with Crippen molar-refractivity contribution in [2.45, 2.75) is 31.1 Å². The second kappa shape index (κ2) is 10.5. The standard InChI is InChI=1S/C19H20Cl2N2O2S/c1-2-3-4-18(24)22-13-5-8-15(9-6-13)26-12-19(25)23-14-7-10-16(20)17(21)11-14/h5-11H,2-4,12H2,1H3,(H,22,24)(H,23,25). The number of hydrogen-bond donors (Lipinski definition) is 2. The molecule has 2 amide bonds. The van der Waals surface area contributed by atoms with Gasteiger partial charge in [0.05, 0.1) is 15.8 Å². The lowest BCUT2D eigenvalue weighted by atomic mass is 10.2. The molecule has 138 valence electrons. The zero-order valence-corrected chi connectivity index (χ0v) is 16.7. The van der Waals surface area contributed by atoms with E-state index in [2.05, 4.69) is 17.6 Å². The molecule has 0 heterocycles. The Bertz CT molecular complexity index is 767. The zero-order chi connectivity index (χ0) is 18.9. The summed E-state index contributed by atoms with van der Waals surface area (Å²) in [5, 5.41) is 6.48. The number of anilines is 2. The number of carbonyl (C=O) groups excluding carboxylic acids is 2. The molecule has 0 aromatic heterocycles. The van der Waals surface area contributed by atoms with Gasteiger partial charge in [-0.05, 0) is 48.9 Å². The summed E-state index contributed by atoms with van der Waals surface area (Å²) >= 11 is 13.2. The number of carbonyl (C=O) groups is 2. The van der Waals surface area contributed by atoms with Gasteiger partial charge < -0.3 is 10.6 Å². The smallest absolute Gasteiger partial charge is 0.234 e. The molecule has 0 saturated heterocycles. The Kier molecular flexibility index (Phi) is 8.29. The van der Waals surface area contributed by atoms with Crippen molar-refractivity contribution in [2.75, 3.05) is 16.4 Å². The second-order valence-electron chi connectivity index (χ2n) is 5.64. The van der Waals surface area contributed by atoms with E-state index in [1.807, 2.05) is 24.3 Å². The maximum Gasteiger partial charge on any atom is 0.234 e. The number of rotatable bonds is 8. The molecule has 0 fully saturated rings. The van der Waals surface area contributed by atoms with Crippen LogP contribution in [-0.4, -0.2) is 17.6 Å². The minimum absolute atomic E-state index is 0.0215. The average molecular weight is 411 g/mol. The predicted molar refractivity (Wildman–Crippen MR) is 110 cm³/mol. The number of halogens is 2. The molecule has 0 atom stereocenters. The highest BCUT2D eigenvalue weighted by Crippen LogP contribution is 2.25. The normalized spacial score (nSPS) is 10.4. The molecule has 2 N–H and O–H groups in total. The van der Waals surface area contributed by atoms with Gasteiger partial charge in [-0.3, -0.25) is 9.59 Å². The van der Waals surface area contributed by atoms with Crippen LogP contribution in [0.2, 0.25) is 10.0 Å². The molecule has 0 spiro atoms. The maximum atomic E-state index is 12.0. The molecule has 2 rings (SSSR count). The summed E-state index contributed by atoms with van der Waals surface area (Å²) in [6, 6.07) is 12.4. The van der Waals surface area contributed by atoms with Crippen LogP contribution in [0.1, 0.15) is 26.2 Å². The lowest BCUT2D eigenvalue weighted by Gasteiger charge is -2.08. The van der Waals surface area contributed by atoms with E-state index in [1.165, 1.54) is 11.8 Å². The van der Waals surface area contributed by atoms with Gasteiger partial charge in [0, 0.05) is 22.7 Å². The second-order valence-corrected chi connectivity index (χ2v) is 7.51. The van der Waals surface area contributed by atoms with Gasteiger partial charge in [-0.2, -0.15) is 0 Å². The topological polar surface area (TPSA) is 58.2 Å². The Balaban J connectivity index is 1.80. The summed E-state index contributed by atoms with van der Waals surface area (Å²) in [4.78, 5) is 24.7. The fraction of sp³-hybridized carbons (Fsp3) is 0.263. The van der Waals surface area contributed by atoms with Gasteiger partial charge in [0.15, 0.2) is 0 Å². The summed E-state index contributed by atoms with van der Waals surface area (Å²) in [7, 11) is 0. The fourth-order valence-electron chi connectivity index (χ4n) is 2.12. The Morgan fingerprint density at radius 2 is 1.58 bits per heavy atom. The highest BCUT2D eigenvalue weighted by Gasteiger charge is 2.06. The van der Waals surface area contributed by atoms with E-state index in [0.29, 0.717) is 22.2 Å². The Morgan fingerprint density at radius 3 is 2.23 bits per heavy atom. The van der Waals surface area contributed by atoms with Gasteiger partial charge in [-0.15, -0.1) is 11.8 Å². The van der Waals surface area contributed by atoms with Gasteiger partial charge in [-0.1, -0.05) is 36.5 Å². The van der Waals surface area contributed by atoms with Crippen LogP contribution < -0.4 is 10.6 Å². The zero-order valence-electron chi connectivity index (χ0n) is 14.4. The van der Waals surface area contributed by atoms with Crippen molar-refractivity contribution in [3.8, 4) is 0 Å². The third-order valence-corrected chi connectivity index (χ3v) is 5.22. The quantitative estimate of drug-likeness (QED) is 0.536. The van der Waals surface area contributed by atoms with E-state index in [1.54, 1.807) is 18.2 Å². The third-order valence-electron chi connectivity index (χ3n) is 3.47. The van der Waals surface area contributed by atoms with Gasteiger partial charge in [-0.25, -0.2) is 0 Å². The van der Waals surface area contributed by atoms with Crippen LogP contribution in [0.5, 0.6) is 0 Å². The minimum Gasteiger partial charge on any atom is -0.326 e. The molecule has 0 saturated carbocycles. The highest BCUT2D eigenvalue weighted by molar-refractivity contribution is 8.00. The van der Waals surface area contributed by atoms with Gasteiger partial charge in [0.1, 0.15) is 0 Å². The van der Waals surface area contributed by atoms with Gasteiger partial charge in [0.2, 0.25) is 11.8 Å². The van der Waals surface area contributed by atoms with Crippen molar-refractivity contribution >= 4 is 58.2 Å². The first-order valence-corrected chi connectivity index (χ1v) is 9.99.